The number of hydrogen-bond acceptors (Lipinski definition) is 7. The molecule has 1 N–H and O–H groups in total. The standard InChI is InChI=1S/C28H25NO6/c1-3-33-28(31)26-24(27-25(29-26)21-10-6-7-11-22(21)35-27)20-13-12-19(32-2)14-23(20)34-16-18-9-5-4-8-17(18)15-30/h4-14,25,30H,3,15-16H2,1-2H3. The Morgan fingerprint density at radius 2 is 1.83 bits per heavy atom. The minimum atomic E-state index is -0.516. The smallest absolute Gasteiger partial charge is 0.357 e. The van der Waals surface area contributed by atoms with Crippen molar-refractivity contribution >= 4 is 17.3 Å². The fourth-order valence-corrected chi connectivity index (χ4v) is 4.32. The Hall–Kier alpha value is -4.10. The van der Waals surface area contributed by atoms with Gasteiger partial charge in [-0.3, -0.25) is 4.99 Å². The molecule has 2 aliphatic heterocycles. The molecule has 35 heavy (non-hydrogen) atoms. The van der Waals surface area contributed by atoms with Gasteiger partial charge in [0.05, 0.1) is 25.9 Å². The number of carbonyl (C=O) groups is 1. The number of hydrogen-bond donors (Lipinski definition) is 1. The first-order valence-electron chi connectivity index (χ1n) is 11.4. The van der Waals surface area contributed by atoms with Crippen LogP contribution in [0.4, 0.5) is 0 Å². The number of ether oxygens (including phenoxy) is 4. The van der Waals surface area contributed by atoms with E-state index in [2.05, 4.69) is 0 Å². The van der Waals surface area contributed by atoms with Gasteiger partial charge in [-0.25, -0.2) is 4.79 Å². The van der Waals surface area contributed by atoms with Crippen molar-refractivity contribution < 1.29 is 28.8 Å². The van der Waals surface area contributed by atoms with Crippen LogP contribution in [0.25, 0.3) is 5.57 Å². The summed E-state index contributed by atoms with van der Waals surface area (Å²) in [5.41, 5.74) is 3.92. The lowest BCUT2D eigenvalue weighted by Gasteiger charge is -2.17. The first-order chi connectivity index (χ1) is 17.1. The SMILES string of the molecule is CCOC(=O)C1=NC2C(=C1c1ccc(OC)cc1OCc1ccccc1CO)Oc1ccccc12. The number of carbonyl (C=O) groups excluding carboxylic acids is 1. The lowest BCUT2D eigenvalue weighted by molar-refractivity contribution is -0.134. The summed E-state index contributed by atoms with van der Waals surface area (Å²) in [6.45, 7) is 2.11. The quantitative estimate of drug-likeness (QED) is 0.482. The lowest BCUT2D eigenvalue weighted by Crippen LogP contribution is -2.19. The van der Waals surface area contributed by atoms with Gasteiger partial charge in [0.15, 0.2) is 5.71 Å². The van der Waals surface area contributed by atoms with Gasteiger partial charge in [-0.1, -0.05) is 42.5 Å². The molecule has 2 heterocycles. The highest BCUT2D eigenvalue weighted by atomic mass is 16.5. The second-order valence-electron chi connectivity index (χ2n) is 8.06. The number of nitrogens with zero attached hydrogens (tertiary/aromatic N) is 1. The molecule has 0 aliphatic carbocycles. The lowest BCUT2D eigenvalue weighted by atomic mass is 9.98. The molecule has 2 aliphatic rings. The second-order valence-corrected chi connectivity index (χ2v) is 8.06. The van der Waals surface area contributed by atoms with E-state index >= 15 is 0 Å². The zero-order valence-electron chi connectivity index (χ0n) is 19.5. The summed E-state index contributed by atoms with van der Waals surface area (Å²) in [5, 5.41) is 9.69. The maximum atomic E-state index is 12.9. The van der Waals surface area contributed by atoms with Gasteiger partial charge in [0, 0.05) is 17.2 Å². The zero-order chi connectivity index (χ0) is 24.4. The molecule has 1 unspecified atom stereocenters. The van der Waals surface area contributed by atoms with E-state index in [1.807, 2.05) is 54.6 Å². The van der Waals surface area contributed by atoms with Crippen molar-refractivity contribution in [3.63, 3.8) is 0 Å². The van der Waals surface area contributed by atoms with Gasteiger partial charge in [-0.05, 0) is 36.2 Å². The number of aliphatic hydroxyl groups excluding tert-OH is 1. The van der Waals surface area contributed by atoms with Crippen LogP contribution in [0.15, 0.2) is 77.5 Å². The van der Waals surface area contributed by atoms with Crippen LogP contribution < -0.4 is 14.2 Å². The minimum absolute atomic E-state index is 0.0900. The number of esters is 1. The Morgan fingerprint density at radius 1 is 1.06 bits per heavy atom. The molecule has 0 radical (unpaired) electrons. The Morgan fingerprint density at radius 3 is 2.60 bits per heavy atom. The third kappa shape index (κ3) is 4.15. The summed E-state index contributed by atoms with van der Waals surface area (Å²) >= 11 is 0. The molecule has 0 spiro atoms. The summed E-state index contributed by atoms with van der Waals surface area (Å²) in [5.74, 6) is 1.86. The molecule has 0 saturated heterocycles. The topological polar surface area (TPSA) is 86.6 Å². The summed E-state index contributed by atoms with van der Waals surface area (Å²) in [6, 6.07) is 20.1. The van der Waals surface area contributed by atoms with Gasteiger partial charge in [0.1, 0.15) is 35.7 Å². The molecule has 7 heteroatoms. The molecule has 0 bridgehead atoms. The van der Waals surface area contributed by atoms with Crippen molar-refractivity contribution in [2.45, 2.75) is 26.2 Å². The number of rotatable bonds is 8. The molecule has 7 nitrogen and oxygen atoms in total. The molecular formula is C28H25NO6. The molecular weight excluding hydrogens is 446 g/mol. The highest BCUT2D eigenvalue weighted by Gasteiger charge is 2.42. The van der Waals surface area contributed by atoms with E-state index in [0.29, 0.717) is 34.1 Å². The largest absolute Gasteiger partial charge is 0.497 e. The molecule has 5 rings (SSSR count). The maximum absolute atomic E-state index is 12.9. The fraction of sp³-hybridized carbons (Fsp3) is 0.214. The minimum Gasteiger partial charge on any atom is -0.497 e. The number of methoxy groups -OCH3 is 1. The molecule has 0 fully saturated rings. The van der Waals surface area contributed by atoms with E-state index in [9.17, 15) is 9.90 Å². The van der Waals surface area contributed by atoms with Crippen LogP contribution in [0.5, 0.6) is 17.2 Å². The summed E-state index contributed by atoms with van der Waals surface area (Å²) < 4.78 is 23.2. The molecule has 3 aromatic rings. The Labute approximate surface area is 203 Å². The van der Waals surface area contributed by atoms with Crippen LogP contribution >= 0.6 is 0 Å². The van der Waals surface area contributed by atoms with Crippen molar-refractivity contribution in [2.24, 2.45) is 4.99 Å². The first-order valence-corrected chi connectivity index (χ1v) is 11.4. The second kappa shape index (κ2) is 9.64. The van der Waals surface area contributed by atoms with Gasteiger partial charge >= 0.3 is 5.97 Å². The monoisotopic (exact) mass is 471 g/mol. The Kier molecular flexibility index (Phi) is 6.25. The molecule has 0 saturated carbocycles. The third-order valence-electron chi connectivity index (χ3n) is 6.02. The Bertz CT molecular complexity index is 1340. The molecule has 178 valence electrons. The Balaban J connectivity index is 1.60. The molecule has 0 aromatic heterocycles. The summed E-state index contributed by atoms with van der Waals surface area (Å²) in [4.78, 5) is 17.7. The number of para-hydroxylation sites is 1. The van der Waals surface area contributed by atoms with Crippen molar-refractivity contribution in [1.82, 2.24) is 0 Å². The maximum Gasteiger partial charge on any atom is 0.357 e. The van der Waals surface area contributed by atoms with Gasteiger partial charge in [0.2, 0.25) is 0 Å². The van der Waals surface area contributed by atoms with Crippen molar-refractivity contribution in [3.05, 3.63) is 94.7 Å². The predicted molar refractivity (Wildman–Crippen MR) is 130 cm³/mol. The summed E-state index contributed by atoms with van der Waals surface area (Å²) in [6.07, 6.45) is 0. The number of aliphatic imine (C=N–C) groups is 1. The fourth-order valence-electron chi connectivity index (χ4n) is 4.32. The molecule has 0 amide bonds. The van der Waals surface area contributed by atoms with Gasteiger partial charge in [-0.2, -0.15) is 0 Å². The van der Waals surface area contributed by atoms with Crippen LogP contribution in [0.1, 0.15) is 35.2 Å². The van der Waals surface area contributed by atoms with E-state index in [4.69, 9.17) is 23.9 Å². The zero-order valence-corrected chi connectivity index (χ0v) is 19.5. The van der Waals surface area contributed by atoms with Crippen molar-refractivity contribution in [3.8, 4) is 17.2 Å². The van der Waals surface area contributed by atoms with E-state index in [-0.39, 0.29) is 25.5 Å². The number of fused-ring (bicyclic) bond motifs is 3. The highest BCUT2D eigenvalue weighted by molar-refractivity contribution is 6.55. The summed E-state index contributed by atoms with van der Waals surface area (Å²) in [7, 11) is 1.58. The highest BCUT2D eigenvalue weighted by Crippen LogP contribution is 2.50. The van der Waals surface area contributed by atoms with E-state index in [1.54, 1.807) is 26.2 Å². The average molecular weight is 472 g/mol. The predicted octanol–water partition coefficient (Wildman–Crippen LogP) is 4.63. The van der Waals surface area contributed by atoms with Crippen LogP contribution in [-0.2, 0) is 22.7 Å². The third-order valence-corrected chi connectivity index (χ3v) is 6.02. The van der Waals surface area contributed by atoms with E-state index in [1.165, 1.54) is 0 Å². The van der Waals surface area contributed by atoms with Crippen molar-refractivity contribution in [1.29, 1.82) is 0 Å². The van der Waals surface area contributed by atoms with Crippen molar-refractivity contribution in [2.75, 3.05) is 13.7 Å². The number of aliphatic hydroxyl groups is 1. The van der Waals surface area contributed by atoms with E-state index < -0.39 is 12.0 Å². The number of benzene rings is 3. The van der Waals surface area contributed by atoms with Crippen LogP contribution in [0.2, 0.25) is 0 Å². The first kappa shape index (κ1) is 22.7. The van der Waals surface area contributed by atoms with Gasteiger partial charge in [0.25, 0.3) is 0 Å². The van der Waals surface area contributed by atoms with Crippen LogP contribution in [0.3, 0.4) is 0 Å². The van der Waals surface area contributed by atoms with Gasteiger partial charge < -0.3 is 24.1 Å². The van der Waals surface area contributed by atoms with Crippen LogP contribution in [-0.4, -0.2) is 30.5 Å². The molecule has 1 atom stereocenters. The van der Waals surface area contributed by atoms with Crippen LogP contribution in [0, 0.1) is 0 Å². The van der Waals surface area contributed by atoms with E-state index in [0.717, 1.165) is 16.7 Å². The average Bonchev–Trinajstić information content (AvgIpc) is 3.44. The normalized spacial score (nSPS) is 15.7. The molecule has 3 aromatic carbocycles. The van der Waals surface area contributed by atoms with Gasteiger partial charge in [-0.15, -0.1) is 0 Å².